The van der Waals surface area contributed by atoms with Crippen molar-refractivity contribution in [3.05, 3.63) is 126 Å². The minimum Gasteiger partial charge on any atom is -0.486 e. The maximum Gasteiger partial charge on any atom is 0.253 e. The zero-order chi connectivity index (χ0) is 27.6. The molecular formula is C33H25N5O3. The number of para-hydroxylation sites is 4. The Labute approximate surface area is 235 Å². The molecule has 0 fully saturated rings. The standard InChI is InChI=1S/C33H25N5O3/c1-22-15-17-25(18-16-22)40-32-26(19-23-9-5-6-12-27(23)35-32)33-37-36-31(41-33)20-38-29-14-8-7-13-28(29)34-30(38)21-39-24-10-3-2-4-11-24/h2-19H,20-21H2,1H3. The summed E-state index contributed by atoms with van der Waals surface area (Å²) < 4.78 is 20.5. The number of fused-ring (bicyclic) bond motifs is 2. The second kappa shape index (κ2) is 10.6. The number of benzene rings is 4. The van der Waals surface area contributed by atoms with Crippen molar-refractivity contribution < 1.29 is 13.9 Å². The lowest BCUT2D eigenvalue weighted by molar-refractivity contribution is 0.290. The Kier molecular flexibility index (Phi) is 6.33. The first-order valence-electron chi connectivity index (χ1n) is 13.3. The van der Waals surface area contributed by atoms with Crippen LogP contribution in [-0.2, 0) is 13.2 Å². The van der Waals surface area contributed by atoms with Gasteiger partial charge in [0, 0.05) is 5.39 Å². The zero-order valence-electron chi connectivity index (χ0n) is 22.3. The lowest BCUT2D eigenvalue weighted by atomic mass is 10.1. The Morgan fingerprint density at radius 2 is 1.49 bits per heavy atom. The van der Waals surface area contributed by atoms with Crippen molar-refractivity contribution in [3.8, 4) is 28.8 Å². The summed E-state index contributed by atoms with van der Waals surface area (Å²) in [6.07, 6.45) is 0. The van der Waals surface area contributed by atoms with Crippen molar-refractivity contribution in [3.63, 3.8) is 0 Å². The summed E-state index contributed by atoms with van der Waals surface area (Å²) in [7, 11) is 0. The van der Waals surface area contributed by atoms with Gasteiger partial charge in [-0.15, -0.1) is 10.2 Å². The first-order valence-corrected chi connectivity index (χ1v) is 13.3. The van der Waals surface area contributed by atoms with Gasteiger partial charge in [0.1, 0.15) is 36.0 Å². The van der Waals surface area contributed by atoms with Crippen LogP contribution in [0.2, 0.25) is 0 Å². The van der Waals surface area contributed by atoms with E-state index in [2.05, 4.69) is 10.2 Å². The maximum atomic E-state index is 6.22. The van der Waals surface area contributed by atoms with E-state index in [9.17, 15) is 0 Å². The lowest BCUT2D eigenvalue weighted by Crippen LogP contribution is -2.08. The topological polar surface area (TPSA) is 88.1 Å². The monoisotopic (exact) mass is 539 g/mol. The molecule has 0 spiro atoms. The SMILES string of the molecule is Cc1ccc(Oc2nc3ccccc3cc2-c2nnc(Cn3c(COc4ccccc4)nc4ccccc43)o2)cc1. The predicted molar refractivity (Wildman–Crippen MR) is 156 cm³/mol. The first-order chi connectivity index (χ1) is 20.2. The number of hydrogen-bond donors (Lipinski definition) is 0. The first kappa shape index (κ1) is 24.5. The Morgan fingerprint density at radius 1 is 0.732 bits per heavy atom. The summed E-state index contributed by atoms with van der Waals surface area (Å²) >= 11 is 0. The van der Waals surface area contributed by atoms with E-state index in [-0.39, 0.29) is 0 Å². The van der Waals surface area contributed by atoms with E-state index in [0.29, 0.717) is 42.1 Å². The third-order valence-corrected chi connectivity index (χ3v) is 6.76. The van der Waals surface area contributed by atoms with Crippen molar-refractivity contribution in [1.29, 1.82) is 0 Å². The molecule has 0 N–H and O–H groups in total. The van der Waals surface area contributed by atoms with E-state index in [0.717, 1.165) is 39.1 Å². The number of ether oxygens (including phenoxy) is 2. The molecule has 4 aromatic carbocycles. The molecule has 0 radical (unpaired) electrons. The smallest absolute Gasteiger partial charge is 0.253 e. The third kappa shape index (κ3) is 5.10. The molecule has 0 saturated heterocycles. The van der Waals surface area contributed by atoms with Gasteiger partial charge in [-0.2, -0.15) is 0 Å². The number of imidazole rings is 1. The number of aromatic nitrogens is 5. The van der Waals surface area contributed by atoms with Crippen LogP contribution in [0.5, 0.6) is 17.4 Å². The van der Waals surface area contributed by atoms with Crippen LogP contribution in [0.15, 0.2) is 114 Å². The van der Waals surface area contributed by atoms with Gasteiger partial charge in [-0.1, -0.05) is 66.2 Å². The summed E-state index contributed by atoms with van der Waals surface area (Å²) in [6, 6.07) is 35.3. The molecule has 0 aliphatic heterocycles. The maximum absolute atomic E-state index is 6.22. The molecule has 3 aromatic heterocycles. The molecule has 200 valence electrons. The highest BCUT2D eigenvalue weighted by atomic mass is 16.5. The highest BCUT2D eigenvalue weighted by Crippen LogP contribution is 2.34. The van der Waals surface area contributed by atoms with Crippen molar-refractivity contribution >= 4 is 21.9 Å². The molecule has 3 heterocycles. The second-order valence-electron chi connectivity index (χ2n) is 9.65. The summed E-state index contributed by atoms with van der Waals surface area (Å²) in [5, 5.41) is 9.72. The Hall–Kier alpha value is -5.50. The molecule has 7 rings (SSSR count). The molecule has 8 nitrogen and oxygen atoms in total. The van der Waals surface area contributed by atoms with Gasteiger partial charge in [0.05, 0.1) is 16.6 Å². The van der Waals surface area contributed by atoms with Gasteiger partial charge in [-0.25, -0.2) is 9.97 Å². The molecule has 0 unspecified atom stereocenters. The number of rotatable bonds is 8. The molecule has 41 heavy (non-hydrogen) atoms. The summed E-state index contributed by atoms with van der Waals surface area (Å²) in [6.45, 7) is 2.66. The van der Waals surface area contributed by atoms with Gasteiger partial charge in [0.25, 0.3) is 5.89 Å². The molecule has 8 heteroatoms. The fourth-order valence-electron chi connectivity index (χ4n) is 4.69. The normalized spacial score (nSPS) is 11.2. The summed E-state index contributed by atoms with van der Waals surface area (Å²) in [5.74, 6) is 3.35. The van der Waals surface area contributed by atoms with E-state index < -0.39 is 0 Å². The van der Waals surface area contributed by atoms with Crippen molar-refractivity contribution in [2.24, 2.45) is 0 Å². The van der Waals surface area contributed by atoms with Gasteiger partial charge in [0.2, 0.25) is 11.8 Å². The molecule has 0 bridgehead atoms. The van der Waals surface area contributed by atoms with Gasteiger partial charge in [0.15, 0.2) is 0 Å². The quantitative estimate of drug-likeness (QED) is 0.199. The van der Waals surface area contributed by atoms with Crippen LogP contribution in [0.3, 0.4) is 0 Å². The number of nitrogens with zero attached hydrogens (tertiary/aromatic N) is 5. The second-order valence-corrected chi connectivity index (χ2v) is 9.65. The average Bonchev–Trinajstić information content (AvgIpc) is 3.62. The van der Waals surface area contributed by atoms with Crippen LogP contribution >= 0.6 is 0 Å². The third-order valence-electron chi connectivity index (χ3n) is 6.76. The van der Waals surface area contributed by atoms with Crippen molar-refractivity contribution in [2.45, 2.75) is 20.1 Å². The Morgan fingerprint density at radius 3 is 2.34 bits per heavy atom. The molecule has 0 aliphatic rings. The minimum absolute atomic E-state index is 0.294. The molecule has 0 aliphatic carbocycles. The average molecular weight is 540 g/mol. The van der Waals surface area contributed by atoms with Crippen LogP contribution in [0.25, 0.3) is 33.4 Å². The fourth-order valence-corrected chi connectivity index (χ4v) is 4.69. The largest absolute Gasteiger partial charge is 0.486 e. The Balaban J connectivity index is 1.23. The molecular weight excluding hydrogens is 514 g/mol. The van der Waals surface area contributed by atoms with E-state index in [4.69, 9.17) is 23.9 Å². The van der Waals surface area contributed by atoms with E-state index in [1.807, 2.05) is 121 Å². The van der Waals surface area contributed by atoms with Crippen LogP contribution < -0.4 is 9.47 Å². The fraction of sp³-hybridized carbons (Fsp3) is 0.0909. The highest BCUT2D eigenvalue weighted by molar-refractivity contribution is 5.84. The molecule has 0 saturated carbocycles. The van der Waals surface area contributed by atoms with E-state index >= 15 is 0 Å². The van der Waals surface area contributed by atoms with Gasteiger partial charge < -0.3 is 18.5 Å². The van der Waals surface area contributed by atoms with Gasteiger partial charge in [-0.3, -0.25) is 0 Å². The summed E-state index contributed by atoms with van der Waals surface area (Å²) in [5.41, 5.74) is 4.39. The Bertz CT molecular complexity index is 1960. The lowest BCUT2D eigenvalue weighted by Gasteiger charge is -2.10. The number of hydrogen-bond acceptors (Lipinski definition) is 7. The predicted octanol–water partition coefficient (Wildman–Crippen LogP) is 7.36. The van der Waals surface area contributed by atoms with E-state index in [1.54, 1.807) is 0 Å². The van der Waals surface area contributed by atoms with Crippen LogP contribution in [0.1, 0.15) is 17.3 Å². The van der Waals surface area contributed by atoms with Crippen LogP contribution in [0.4, 0.5) is 0 Å². The van der Waals surface area contributed by atoms with Crippen molar-refractivity contribution in [2.75, 3.05) is 0 Å². The molecule has 7 aromatic rings. The number of aryl methyl sites for hydroxylation is 1. The molecule has 0 amide bonds. The van der Waals surface area contributed by atoms with Gasteiger partial charge in [-0.05, 0) is 55.5 Å². The number of pyridine rings is 1. The van der Waals surface area contributed by atoms with Crippen LogP contribution in [-0.4, -0.2) is 24.7 Å². The van der Waals surface area contributed by atoms with E-state index in [1.165, 1.54) is 0 Å². The molecule has 0 atom stereocenters. The van der Waals surface area contributed by atoms with Gasteiger partial charge >= 0.3 is 0 Å². The van der Waals surface area contributed by atoms with Crippen molar-refractivity contribution in [1.82, 2.24) is 24.7 Å². The minimum atomic E-state index is 0.294. The highest BCUT2D eigenvalue weighted by Gasteiger charge is 2.20. The zero-order valence-corrected chi connectivity index (χ0v) is 22.3. The summed E-state index contributed by atoms with van der Waals surface area (Å²) in [4.78, 5) is 9.59. The van der Waals surface area contributed by atoms with Crippen LogP contribution in [0, 0.1) is 6.92 Å².